The standard InChI is InChI=1S/C30H44O8/c1-17(2)20-14-13-18(3)15-21(20)33-28(31)34-23-22(32-16-19-11-9-8-10-12-19)24-26(37-29(4,5)35-24)27-25(23)36-30(6,7)38-27/h8-12,17-18,20-27H,13-16H2,1-7H3/t18?,20?,21?,22-,23-,24+,25-,26-,27-/m1/s1. The Balaban J connectivity index is 1.39. The molecule has 0 radical (unpaired) electrons. The highest BCUT2D eigenvalue weighted by Crippen LogP contribution is 2.47. The number of benzene rings is 1. The molecule has 5 rings (SSSR count). The van der Waals surface area contributed by atoms with Crippen LogP contribution in [-0.2, 0) is 39.8 Å². The molecule has 9 atom stereocenters. The highest BCUT2D eigenvalue weighted by atomic mass is 16.8. The van der Waals surface area contributed by atoms with Crippen molar-refractivity contribution in [1.29, 1.82) is 0 Å². The second-order valence-corrected chi connectivity index (χ2v) is 12.7. The van der Waals surface area contributed by atoms with Crippen LogP contribution in [0, 0.1) is 17.8 Å². The molecule has 8 heteroatoms. The number of hydrogen-bond acceptors (Lipinski definition) is 8. The third kappa shape index (κ3) is 5.89. The Bertz CT molecular complexity index is 962. The monoisotopic (exact) mass is 532 g/mol. The van der Waals surface area contributed by atoms with Crippen molar-refractivity contribution in [3.05, 3.63) is 35.9 Å². The Kier molecular flexibility index (Phi) is 7.84. The van der Waals surface area contributed by atoms with Crippen LogP contribution in [0.3, 0.4) is 0 Å². The normalized spacial score (nSPS) is 39.4. The van der Waals surface area contributed by atoms with Crippen LogP contribution in [0.4, 0.5) is 4.79 Å². The van der Waals surface area contributed by atoms with Gasteiger partial charge in [0.2, 0.25) is 0 Å². The van der Waals surface area contributed by atoms with Gasteiger partial charge in [0.05, 0.1) is 6.61 Å². The molecule has 1 aromatic carbocycles. The first kappa shape index (κ1) is 27.8. The predicted molar refractivity (Wildman–Crippen MR) is 139 cm³/mol. The molecule has 2 aliphatic heterocycles. The molecule has 4 aliphatic rings. The van der Waals surface area contributed by atoms with E-state index in [-0.39, 0.29) is 6.10 Å². The van der Waals surface area contributed by atoms with Gasteiger partial charge in [-0.2, -0.15) is 0 Å². The van der Waals surface area contributed by atoms with Gasteiger partial charge >= 0.3 is 6.16 Å². The minimum Gasteiger partial charge on any atom is -0.431 e. The summed E-state index contributed by atoms with van der Waals surface area (Å²) in [5, 5.41) is 0. The smallest absolute Gasteiger partial charge is 0.431 e. The molecule has 0 N–H and O–H groups in total. The van der Waals surface area contributed by atoms with Crippen LogP contribution in [-0.4, -0.2) is 60.5 Å². The quantitative estimate of drug-likeness (QED) is 0.438. The minimum atomic E-state index is -0.878. The number of carbonyl (C=O) groups is 1. The average Bonchev–Trinajstić information content (AvgIpc) is 3.33. The lowest BCUT2D eigenvalue weighted by Gasteiger charge is -2.42. The highest BCUT2D eigenvalue weighted by Gasteiger charge is 2.65. The van der Waals surface area contributed by atoms with Crippen molar-refractivity contribution >= 4 is 6.16 Å². The summed E-state index contributed by atoms with van der Waals surface area (Å²) in [4.78, 5) is 13.4. The van der Waals surface area contributed by atoms with Gasteiger partial charge in [0.25, 0.3) is 0 Å². The lowest BCUT2D eigenvalue weighted by atomic mass is 9.75. The molecule has 212 valence electrons. The average molecular weight is 533 g/mol. The van der Waals surface area contributed by atoms with Gasteiger partial charge in [-0.15, -0.1) is 0 Å². The van der Waals surface area contributed by atoms with Crippen LogP contribution in [0.15, 0.2) is 30.3 Å². The Labute approximate surface area is 226 Å². The molecule has 3 unspecified atom stereocenters. The largest absolute Gasteiger partial charge is 0.509 e. The van der Waals surface area contributed by atoms with Crippen molar-refractivity contribution in [1.82, 2.24) is 0 Å². The fourth-order valence-corrected chi connectivity index (χ4v) is 6.63. The number of carbonyl (C=O) groups excluding carboxylic acids is 1. The molecule has 2 aliphatic carbocycles. The Hall–Kier alpha value is -1.71. The minimum absolute atomic E-state index is 0.177. The van der Waals surface area contributed by atoms with Crippen LogP contribution >= 0.6 is 0 Å². The van der Waals surface area contributed by atoms with Gasteiger partial charge in [0.15, 0.2) is 17.7 Å². The molecular formula is C30H44O8. The third-order valence-electron chi connectivity index (χ3n) is 8.35. The summed E-state index contributed by atoms with van der Waals surface area (Å²) >= 11 is 0. The van der Waals surface area contributed by atoms with E-state index in [1.807, 2.05) is 58.0 Å². The second-order valence-electron chi connectivity index (χ2n) is 12.7. The number of hydrogen-bond donors (Lipinski definition) is 0. The Morgan fingerprint density at radius 3 is 2.05 bits per heavy atom. The van der Waals surface area contributed by atoms with E-state index in [4.69, 9.17) is 33.2 Å². The van der Waals surface area contributed by atoms with E-state index >= 15 is 0 Å². The molecule has 0 amide bonds. The molecule has 0 bridgehead atoms. The van der Waals surface area contributed by atoms with Crippen molar-refractivity contribution in [2.45, 2.75) is 129 Å². The fourth-order valence-electron chi connectivity index (χ4n) is 6.63. The molecule has 0 spiro atoms. The molecule has 1 aromatic rings. The first-order valence-corrected chi connectivity index (χ1v) is 14.2. The summed E-state index contributed by atoms with van der Waals surface area (Å²) in [6, 6.07) is 9.89. The van der Waals surface area contributed by atoms with Gasteiger partial charge in [-0.1, -0.05) is 57.5 Å². The predicted octanol–water partition coefficient (Wildman–Crippen LogP) is 5.61. The zero-order valence-electron chi connectivity index (χ0n) is 23.8. The van der Waals surface area contributed by atoms with Gasteiger partial charge in [-0.3, -0.25) is 0 Å². The SMILES string of the molecule is CC1CCC(C(C)C)C(OC(=O)O[C@@H]2[C@@H](OCc3ccccc3)[C@@H]3OC(C)(C)O[C@H]3[C@@H]3OC(C)(C)O[C@H]23)C1. The summed E-state index contributed by atoms with van der Waals surface area (Å²) in [6.45, 7) is 14.4. The molecular weight excluding hydrogens is 488 g/mol. The fraction of sp³-hybridized carbons (Fsp3) is 0.767. The summed E-state index contributed by atoms with van der Waals surface area (Å²) in [5.41, 5.74) is 1.01. The zero-order chi connectivity index (χ0) is 27.2. The van der Waals surface area contributed by atoms with Crippen molar-refractivity contribution in [2.24, 2.45) is 17.8 Å². The van der Waals surface area contributed by atoms with E-state index in [1.165, 1.54) is 0 Å². The van der Waals surface area contributed by atoms with Crippen LogP contribution in [0.2, 0.25) is 0 Å². The maximum absolute atomic E-state index is 13.4. The molecule has 0 aromatic heterocycles. The molecule has 4 fully saturated rings. The second kappa shape index (κ2) is 10.7. The van der Waals surface area contributed by atoms with E-state index in [1.54, 1.807) is 0 Å². The molecule has 8 nitrogen and oxygen atoms in total. The molecule has 2 heterocycles. The van der Waals surface area contributed by atoms with E-state index < -0.39 is 54.4 Å². The van der Waals surface area contributed by atoms with Crippen LogP contribution in [0.1, 0.15) is 73.3 Å². The lowest BCUT2D eigenvalue weighted by molar-refractivity contribution is -0.201. The van der Waals surface area contributed by atoms with Crippen LogP contribution in [0.5, 0.6) is 0 Å². The first-order valence-electron chi connectivity index (χ1n) is 14.2. The lowest BCUT2D eigenvalue weighted by Crippen LogP contribution is -2.63. The van der Waals surface area contributed by atoms with E-state index in [2.05, 4.69) is 20.8 Å². The van der Waals surface area contributed by atoms with E-state index in [0.717, 1.165) is 24.8 Å². The summed E-state index contributed by atoms with van der Waals surface area (Å²) in [7, 11) is 0. The van der Waals surface area contributed by atoms with Gasteiger partial charge in [-0.05, 0) is 63.9 Å². The topological polar surface area (TPSA) is 81.7 Å². The summed E-state index contributed by atoms with van der Waals surface area (Å²) < 4.78 is 43.8. The van der Waals surface area contributed by atoms with Crippen molar-refractivity contribution in [3.63, 3.8) is 0 Å². The maximum atomic E-state index is 13.4. The van der Waals surface area contributed by atoms with Gasteiger partial charge in [0.1, 0.15) is 36.6 Å². The number of rotatable bonds is 6. The van der Waals surface area contributed by atoms with Crippen molar-refractivity contribution in [2.75, 3.05) is 0 Å². The van der Waals surface area contributed by atoms with Crippen molar-refractivity contribution in [3.8, 4) is 0 Å². The third-order valence-corrected chi connectivity index (χ3v) is 8.35. The van der Waals surface area contributed by atoms with Gasteiger partial charge in [-0.25, -0.2) is 4.79 Å². The number of ether oxygens (including phenoxy) is 7. The maximum Gasteiger partial charge on any atom is 0.509 e. The van der Waals surface area contributed by atoms with Crippen LogP contribution < -0.4 is 0 Å². The van der Waals surface area contributed by atoms with Crippen molar-refractivity contribution < 1.29 is 38.0 Å². The van der Waals surface area contributed by atoms with Gasteiger partial charge < -0.3 is 33.2 Å². The summed E-state index contributed by atoms with van der Waals surface area (Å²) in [6.07, 6.45) is -1.30. The first-order chi connectivity index (χ1) is 17.9. The summed E-state index contributed by atoms with van der Waals surface area (Å²) in [5.74, 6) is -0.492. The highest BCUT2D eigenvalue weighted by molar-refractivity contribution is 5.60. The number of fused-ring (bicyclic) bond motifs is 3. The van der Waals surface area contributed by atoms with E-state index in [9.17, 15) is 4.79 Å². The van der Waals surface area contributed by atoms with Crippen LogP contribution in [0.25, 0.3) is 0 Å². The molecule has 2 saturated carbocycles. The van der Waals surface area contributed by atoms with Gasteiger partial charge in [0, 0.05) is 0 Å². The molecule has 2 saturated heterocycles. The van der Waals surface area contributed by atoms with E-state index in [0.29, 0.717) is 24.4 Å². The Morgan fingerprint density at radius 1 is 0.868 bits per heavy atom. The Morgan fingerprint density at radius 2 is 1.45 bits per heavy atom. The zero-order valence-corrected chi connectivity index (χ0v) is 23.8. The molecule has 38 heavy (non-hydrogen) atoms.